The van der Waals surface area contributed by atoms with Crippen LogP contribution in [0.5, 0.6) is 0 Å². The maximum absolute atomic E-state index is 12.5. The van der Waals surface area contributed by atoms with Gasteiger partial charge in [0.25, 0.3) is 0 Å². The Kier molecular flexibility index (Phi) is 5.23. The average molecular weight is 334 g/mol. The van der Waals surface area contributed by atoms with Crippen molar-refractivity contribution >= 4 is 23.5 Å². The van der Waals surface area contributed by atoms with Gasteiger partial charge in [-0.05, 0) is 42.7 Å². The largest absolute Gasteiger partial charge is 0.446 e. The molecule has 0 aromatic heterocycles. The van der Waals surface area contributed by atoms with E-state index in [2.05, 4.69) is 5.32 Å². The van der Waals surface area contributed by atoms with Crippen LogP contribution in [0.2, 0.25) is 0 Å². The van der Waals surface area contributed by atoms with Crippen LogP contribution in [0.3, 0.4) is 0 Å². The number of anilines is 1. The number of amides is 2. The van der Waals surface area contributed by atoms with Crippen molar-refractivity contribution in [1.82, 2.24) is 4.90 Å². The molecule has 22 heavy (non-hydrogen) atoms. The second-order valence-electron chi connectivity index (χ2n) is 5.26. The van der Waals surface area contributed by atoms with Crippen LogP contribution < -0.4 is 5.32 Å². The topological polar surface area (TPSA) is 52.6 Å². The number of nitrogens with zero attached hydrogens (tertiary/aromatic N) is 1. The molecule has 0 saturated heterocycles. The predicted octanol–water partition coefficient (Wildman–Crippen LogP) is 3.53. The van der Waals surface area contributed by atoms with E-state index in [1.54, 1.807) is 6.07 Å². The molecule has 1 aromatic carbocycles. The van der Waals surface area contributed by atoms with E-state index in [0.29, 0.717) is 0 Å². The minimum atomic E-state index is -4.42. The summed E-state index contributed by atoms with van der Waals surface area (Å²) in [4.78, 5) is 13.2. The van der Waals surface area contributed by atoms with Crippen molar-refractivity contribution < 1.29 is 23.1 Å². The molecule has 122 valence electrons. The number of rotatable bonds is 5. The summed E-state index contributed by atoms with van der Waals surface area (Å²) in [6.45, 7) is 0.158. The Morgan fingerprint density at radius 3 is 2.68 bits per heavy atom. The summed E-state index contributed by atoms with van der Waals surface area (Å²) in [5.74, 6) is 0.225. The molecule has 1 unspecified atom stereocenters. The minimum Gasteiger partial charge on any atom is -0.391 e. The molecule has 8 heteroatoms. The summed E-state index contributed by atoms with van der Waals surface area (Å²) in [7, 11) is 1.50. The zero-order valence-electron chi connectivity index (χ0n) is 11.9. The predicted molar refractivity (Wildman–Crippen MR) is 78.7 cm³/mol. The highest BCUT2D eigenvalue weighted by atomic mass is 32.2. The first-order valence-corrected chi connectivity index (χ1v) is 7.63. The SMILES string of the molecule is CN(CC(O)C1CC1)C(=O)Nc1ccccc1SC(F)(F)F. The third-order valence-corrected chi connectivity index (χ3v) is 4.14. The number of hydrogen-bond donors (Lipinski definition) is 2. The normalized spacial score (nSPS) is 16.2. The van der Waals surface area contributed by atoms with Gasteiger partial charge in [0.2, 0.25) is 0 Å². The number of para-hydroxylation sites is 1. The van der Waals surface area contributed by atoms with Crippen LogP contribution in [0.15, 0.2) is 29.2 Å². The maximum Gasteiger partial charge on any atom is 0.446 e. The Morgan fingerprint density at radius 1 is 1.45 bits per heavy atom. The van der Waals surface area contributed by atoms with Gasteiger partial charge in [-0.3, -0.25) is 0 Å². The molecule has 1 atom stereocenters. The lowest BCUT2D eigenvalue weighted by atomic mass is 10.2. The summed E-state index contributed by atoms with van der Waals surface area (Å²) >= 11 is -0.273. The quantitative estimate of drug-likeness (QED) is 0.810. The highest BCUT2D eigenvalue weighted by molar-refractivity contribution is 8.00. The fraction of sp³-hybridized carbons (Fsp3) is 0.500. The number of benzene rings is 1. The van der Waals surface area contributed by atoms with Crippen molar-refractivity contribution in [3.8, 4) is 0 Å². The van der Waals surface area contributed by atoms with Crippen molar-refractivity contribution in [2.24, 2.45) is 5.92 Å². The summed E-state index contributed by atoms with van der Waals surface area (Å²) in [6, 6.07) is 5.19. The number of aliphatic hydroxyl groups is 1. The van der Waals surface area contributed by atoms with Crippen molar-refractivity contribution in [2.75, 3.05) is 18.9 Å². The lowest BCUT2D eigenvalue weighted by Gasteiger charge is -2.22. The Morgan fingerprint density at radius 2 is 2.09 bits per heavy atom. The second-order valence-corrected chi connectivity index (χ2v) is 6.37. The van der Waals surface area contributed by atoms with Gasteiger partial charge in [-0.25, -0.2) is 4.79 Å². The monoisotopic (exact) mass is 334 g/mol. The highest BCUT2D eigenvalue weighted by Gasteiger charge is 2.32. The number of aliphatic hydroxyl groups excluding tert-OH is 1. The Bertz CT molecular complexity index is 535. The third-order valence-electron chi connectivity index (χ3n) is 3.33. The molecule has 2 amide bonds. The molecule has 1 aromatic rings. The van der Waals surface area contributed by atoms with Crippen LogP contribution in [0, 0.1) is 5.92 Å². The summed E-state index contributed by atoms with van der Waals surface area (Å²) < 4.78 is 37.5. The van der Waals surface area contributed by atoms with Gasteiger partial charge in [0.15, 0.2) is 0 Å². The van der Waals surface area contributed by atoms with Gasteiger partial charge >= 0.3 is 11.5 Å². The van der Waals surface area contributed by atoms with Gasteiger partial charge in [-0.2, -0.15) is 13.2 Å². The molecule has 1 saturated carbocycles. The van der Waals surface area contributed by atoms with E-state index in [4.69, 9.17) is 0 Å². The zero-order chi connectivity index (χ0) is 16.3. The number of alkyl halides is 3. The van der Waals surface area contributed by atoms with Gasteiger partial charge in [-0.1, -0.05) is 12.1 Å². The first kappa shape index (κ1) is 17.0. The molecule has 0 aliphatic heterocycles. The molecular weight excluding hydrogens is 317 g/mol. The van der Waals surface area contributed by atoms with Crippen LogP contribution in [0.25, 0.3) is 0 Å². The molecular formula is C14H17F3N2O2S. The van der Waals surface area contributed by atoms with Crippen molar-refractivity contribution in [3.05, 3.63) is 24.3 Å². The number of hydrogen-bond acceptors (Lipinski definition) is 3. The Hall–Kier alpha value is -1.41. The Labute approximate surface area is 130 Å². The van der Waals surface area contributed by atoms with E-state index in [9.17, 15) is 23.1 Å². The molecule has 0 heterocycles. The van der Waals surface area contributed by atoms with E-state index in [-0.39, 0.29) is 34.8 Å². The van der Waals surface area contributed by atoms with Gasteiger partial charge in [0.05, 0.1) is 11.8 Å². The summed E-state index contributed by atoms with van der Waals surface area (Å²) in [6.07, 6.45) is 1.30. The number of halogens is 3. The standard InChI is InChI=1S/C14H17F3N2O2S/c1-19(8-11(20)9-6-7-9)13(21)18-10-4-2-3-5-12(10)22-14(15,16)17/h2-5,9,11,20H,6-8H2,1H3,(H,18,21). The third kappa shape index (κ3) is 5.10. The fourth-order valence-corrected chi connectivity index (χ4v) is 2.61. The number of likely N-dealkylation sites (N-methyl/N-ethyl adjacent to an activating group) is 1. The smallest absolute Gasteiger partial charge is 0.391 e. The first-order chi connectivity index (χ1) is 10.3. The van der Waals surface area contributed by atoms with Crippen molar-refractivity contribution in [2.45, 2.75) is 29.3 Å². The van der Waals surface area contributed by atoms with Crippen LogP contribution in [0.4, 0.5) is 23.7 Å². The van der Waals surface area contributed by atoms with E-state index in [1.165, 1.54) is 30.1 Å². The van der Waals surface area contributed by atoms with Crippen LogP contribution in [-0.4, -0.2) is 41.2 Å². The minimum absolute atomic E-state index is 0.0699. The molecule has 1 aliphatic rings. The molecule has 1 fully saturated rings. The van der Waals surface area contributed by atoms with Crippen molar-refractivity contribution in [1.29, 1.82) is 0 Å². The first-order valence-electron chi connectivity index (χ1n) is 6.81. The number of urea groups is 1. The molecule has 2 rings (SSSR count). The average Bonchev–Trinajstić information content (AvgIpc) is 3.23. The van der Waals surface area contributed by atoms with Gasteiger partial charge in [0.1, 0.15) is 0 Å². The second kappa shape index (κ2) is 6.78. The molecule has 0 bridgehead atoms. The number of thioether (sulfide) groups is 1. The number of carbonyl (C=O) groups excluding carboxylic acids is 1. The van der Waals surface area contributed by atoms with Gasteiger partial charge in [-0.15, -0.1) is 0 Å². The van der Waals surface area contributed by atoms with Crippen LogP contribution in [0.1, 0.15) is 12.8 Å². The van der Waals surface area contributed by atoms with Crippen LogP contribution >= 0.6 is 11.8 Å². The van der Waals surface area contributed by atoms with E-state index >= 15 is 0 Å². The van der Waals surface area contributed by atoms with E-state index in [1.807, 2.05) is 0 Å². The Balaban J connectivity index is 1.98. The highest BCUT2D eigenvalue weighted by Crippen LogP contribution is 2.40. The number of nitrogens with one attached hydrogen (secondary N) is 1. The number of carbonyl (C=O) groups is 1. The molecule has 2 N–H and O–H groups in total. The zero-order valence-corrected chi connectivity index (χ0v) is 12.7. The summed E-state index contributed by atoms with van der Waals surface area (Å²) in [5, 5.41) is 12.3. The summed E-state index contributed by atoms with van der Waals surface area (Å²) in [5.41, 5.74) is -4.32. The van der Waals surface area contributed by atoms with E-state index in [0.717, 1.165) is 12.8 Å². The van der Waals surface area contributed by atoms with E-state index < -0.39 is 17.6 Å². The molecule has 4 nitrogen and oxygen atoms in total. The fourth-order valence-electron chi connectivity index (χ4n) is 1.99. The molecule has 1 aliphatic carbocycles. The molecule has 0 radical (unpaired) electrons. The lowest BCUT2D eigenvalue weighted by molar-refractivity contribution is -0.0328. The lowest BCUT2D eigenvalue weighted by Crippen LogP contribution is -2.38. The van der Waals surface area contributed by atoms with Crippen molar-refractivity contribution in [3.63, 3.8) is 0 Å². The van der Waals surface area contributed by atoms with Gasteiger partial charge in [0, 0.05) is 18.5 Å². The molecule has 0 spiro atoms. The van der Waals surface area contributed by atoms with Gasteiger partial charge < -0.3 is 15.3 Å². The van der Waals surface area contributed by atoms with Crippen LogP contribution in [-0.2, 0) is 0 Å². The maximum atomic E-state index is 12.5.